The fraction of sp³-hybridized carbons (Fsp3) is 0.939. The van der Waals surface area contributed by atoms with Crippen molar-refractivity contribution in [3.8, 4) is 0 Å². The van der Waals surface area contributed by atoms with Gasteiger partial charge in [-0.15, -0.1) is 0 Å². The highest BCUT2D eigenvalue weighted by atomic mass is 31.2. The van der Waals surface area contributed by atoms with E-state index in [1.807, 2.05) is 0 Å². The van der Waals surface area contributed by atoms with Crippen LogP contribution in [0.2, 0.25) is 0 Å². The second kappa shape index (κ2) is 59.7. The highest BCUT2D eigenvalue weighted by Crippen LogP contribution is 2.45. The van der Waals surface area contributed by atoms with Crippen molar-refractivity contribution in [1.82, 2.24) is 0 Å². The molecule has 0 aromatic rings. The smallest absolute Gasteiger partial charge is 0.462 e. The molecule has 2 unspecified atom stereocenters. The van der Waals surface area contributed by atoms with E-state index >= 15 is 0 Å². The Balaban J connectivity index is 5.07. The number of carbonyl (C=O) groups excluding carboxylic acids is 4. The van der Waals surface area contributed by atoms with Gasteiger partial charge in [-0.3, -0.25) is 37.3 Å². The van der Waals surface area contributed by atoms with Crippen LogP contribution in [0.1, 0.15) is 336 Å². The molecule has 3 N–H and O–H groups in total. The Morgan fingerprint density at radius 3 is 0.800 bits per heavy atom. The van der Waals surface area contributed by atoms with Crippen LogP contribution in [0, 0.1) is 5.92 Å². The van der Waals surface area contributed by atoms with E-state index in [4.69, 9.17) is 37.0 Å². The lowest BCUT2D eigenvalue weighted by Gasteiger charge is -2.21. The number of phosphoric acid groups is 2. The first-order valence-corrected chi connectivity index (χ1v) is 37.6. The number of ether oxygens (including phenoxy) is 4. The lowest BCUT2D eigenvalue weighted by molar-refractivity contribution is -0.161. The monoisotopic (exact) mass is 1250 g/mol. The van der Waals surface area contributed by atoms with Crippen LogP contribution < -0.4 is 0 Å². The molecular formula is C66H128O17P2. The number of hydrogen-bond acceptors (Lipinski definition) is 15. The summed E-state index contributed by atoms with van der Waals surface area (Å²) in [6.45, 7) is 7.06. The minimum absolute atomic E-state index is 0.103. The van der Waals surface area contributed by atoms with E-state index in [1.165, 1.54) is 128 Å². The van der Waals surface area contributed by atoms with Crippen LogP contribution in [0.3, 0.4) is 0 Å². The molecular weight excluding hydrogens is 1130 g/mol. The standard InChI is InChI=1S/C66H128O17P2/c1-6-9-12-15-18-19-20-21-22-23-24-25-26-27-28-29-30-31-36-42-47-52-66(71)83-62(56-77-64(69)50-45-40-37-32-35-38-43-48-59(4)5)58-81-85(74,75)79-54-60(67)53-78-84(72,73)80-57-61(82-65(70)51-46-41-34-17-14-11-8-3)55-76-63(68)49-44-39-33-16-13-10-7-2/h59-62,67H,6-58H2,1-5H3,(H,72,73)(H,74,75)/t60-,61+,62+/m0/s1. The maximum Gasteiger partial charge on any atom is 0.472 e. The summed E-state index contributed by atoms with van der Waals surface area (Å²) in [5, 5.41) is 10.5. The second-order valence-electron chi connectivity index (χ2n) is 24.3. The molecule has 0 radical (unpaired) electrons. The molecule has 0 aliphatic rings. The number of aliphatic hydroxyl groups excluding tert-OH is 1. The van der Waals surface area contributed by atoms with E-state index in [1.54, 1.807) is 0 Å². The highest BCUT2D eigenvalue weighted by molar-refractivity contribution is 7.47. The molecule has 0 aliphatic heterocycles. The third-order valence-corrected chi connectivity index (χ3v) is 17.2. The number of esters is 4. The molecule has 0 heterocycles. The molecule has 0 aromatic carbocycles. The van der Waals surface area contributed by atoms with Crippen LogP contribution in [0.25, 0.3) is 0 Å². The number of aliphatic hydroxyl groups is 1. The molecule has 85 heavy (non-hydrogen) atoms. The Bertz CT molecular complexity index is 1650. The Morgan fingerprint density at radius 2 is 0.541 bits per heavy atom. The average Bonchev–Trinajstić information content (AvgIpc) is 3.51. The van der Waals surface area contributed by atoms with Crippen molar-refractivity contribution in [2.75, 3.05) is 39.6 Å². The molecule has 0 spiro atoms. The summed E-state index contributed by atoms with van der Waals surface area (Å²) in [6.07, 6.45) is 45.0. The summed E-state index contributed by atoms with van der Waals surface area (Å²) >= 11 is 0. The molecule has 0 saturated carbocycles. The molecule has 504 valence electrons. The topological polar surface area (TPSA) is 237 Å². The summed E-state index contributed by atoms with van der Waals surface area (Å²) in [5.74, 6) is -1.44. The maximum atomic E-state index is 13.0. The largest absolute Gasteiger partial charge is 0.472 e. The van der Waals surface area contributed by atoms with Gasteiger partial charge in [-0.05, 0) is 31.6 Å². The van der Waals surface area contributed by atoms with Gasteiger partial charge in [0.2, 0.25) is 0 Å². The van der Waals surface area contributed by atoms with E-state index in [-0.39, 0.29) is 25.7 Å². The minimum Gasteiger partial charge on any atom is -0.462 e. The third-order valence-electron chi connectivity index (χ3n) is 15.3. The fourth-order valence-corrected chi connectivity index (χ4v) is 11.5. The van der Waals surface area contributed by atoms with Crippen LogP contribution >= 0.6 is 15.6 Å². The normalized spacial score (nSPS) is 14.2. The van der Waals surface area contributed by atoms with Crippen LogP contribution in [0.5, 0.6) is 0 Å². The Kier molecular flexibility index (Phi) is 58.3. The van der Waals surface area contributed by atoms with Crippen molar-refractivity contribution >= 4 is 39.5 Å². The summed E-state index contributed by atoms with van der Waals surface area (Å²) in [5.41, 5.74) is 0. The first kappa shape index (κ1) is 83.1. The predicted octanol–water partition coefficient (Wildman–Crippen LogP) is 18.6. The molecule has 0 aromatic heterocycles. The van der Waals surface area contributed by atoms with E-state index in [2.05, 4.69) is 34.6 Å². The van der Waals surface area contributed by atoms with Gasteiger partial charge in [-0.1, -0.05) is 285 Å². The number of hydrogen-bond donors (Lipinski definition) is 3. The average molecular weight is 1260 g/mol. The molecule has 0 fully saturated rings. The Morgan fingerprint density at radius 1 is 0.318 bits per heavy atom. The third kappa shape index (κ3) is 60.7. The van der Waals surface area contributed by atoms with Crippen LogP contribution in [-0.2, 0) is 65.4 Å². The number of rotatable bonds is 66. The van der Waals surface area contributed by atoms with Gasteiger partial charge >= 0.3 is 39.5 Å². The summed E-state index contributed by atoms with van der Waals surface area (Å²) in [6, 6.07) is 0. The van der Waals surface area contributed by atoms with E-state index in [0.717, 1.165) is 122 Å². The van der Waals surface area contributed by atoms with Gasteiger partial charge in [0, 0.05) is 25.7 Å². The predicted molar refractivity (Wildman–Crippen MR) is 340 cm³/mol. The summed E-state index contributed by atoms with van der Waals surface area (Å²) in [7, 11) is -9.88. The zero-order valence-corrected chi connectivity index (χ0v) is 56.5. The lowest BCUT2D eigenvalue weighted by Crippen LogP contribution is -2.30. The second-order valence-corrected chi connectivity index (χ2v) is 27.2. The molecule has 0 aliphatic carbocycles. The van der Waals surface area contributed by atoms with Crippen LogP contribution in [0.15, 0.2) is 0 Å². The van der Waals surface area contributed by atoms with Crippen LogP contribution in [0.4, 0.5) is 0 Å². The van der Waals surface area contributed by atoms with E-state index < -0.39 is 97.5 Å². The molecule has 0 saturated heterocycles. The van der Waals surface area contributed by atoms with Gasteiger partial charge in [0.25, 0.3) is 0 Å². The van der Waals surface area contributed by atoms with Gasteiger partial charge in [-0.25, -0.2) is 9.13 Å². The SMILES string of the molecule is CCCCCCCCCCCCCCCCCCCCCCCC(=O)O[C@H](COC(=O)CCCCCCCCCC(C)C)COP(=O)(O)OC[C@@H](O)COP(=O)(O)OC[C@@H](COC(=O)CCCCCCCCC)OC(=O)CCCCCCCCC. The van der Waals surface area contributed by atoms with Gasteiger partial charge in [0.1, 0.15) is 19.3 Å². The zero-order valence-electron chi connectivity index (χ0n) is 54.7. The first-order valence-electron chi connectivity index (χ1n) is 34.6. The first-order chi connectivity index (χ1) is 41.0. The van der Waals surface area contributed by atoms with E-state index in [9.17, 15) is 43.2 Å². The molecule has 19 heteroatoms. The number of phosphoric ester groups is 2. The molecule has 5 atom stereocenters. The van der Waals surface area contributed by atoms with Gasteiger partial charge in [0.15, 0.2) is 12.2 Å². The Hall–Kier alpha value is -1.94. The Labute approximate surface area is 517 Å². The quantitative estimate of drug-likeness (QED) is 0.0222. The maximum absolute atomic E-state index is 13.0. The van der Waals surface area contributed by atoms with Crippen molar-refractivity contribution in [3.63, 3.8) is 0 Å². The minimum atomic E-state index is -4.94. The van der Waals surface area contributed by atoms with Gasteiger partial charge in [-0.2, -0.15) is 0 Å². The fourth-order valence-electron chi connectivity index (χ4n) is 9.94. The lowest BCUT2D eigenvalue weighted by atomic mass is 10.0. The number of unbranched alkanes of at least 4 members (excludes halogenated alkanes) is 38. The van der Waals surface area contributed by atoms with Crippen LogP contribution in [-0.4, -0.2) is 96.7 Å². The summed E-state index contributed by atoms with van der Waals surface area (Å²) in [4.78, 5) is 72.0. The van der Waals surface area contributed by atoms with Crippen molar-refractivity contribution in [2.24, 2.45) is 5.92 Å². The summed E-state index contributed by atoms with van der Waals surface area (Å²) < 4.78 is 67.8. The number of carbonyl (C=O) groups is 4. The molecule has 0 amide bonds. The zero-order chi connectivity index (χ0) is 62.8. The van der Waals surface area contributed by atoms with Crippen molar-refractivity contribution < 1.29 is 80.2 Å². The van der Waals surface area contributed by atoms with Gasteiger partial charge < -0.3 is 33.8 Å². The van der Waals surface area contributed by atoms with Gasteiger partial charge in [0.05, 0.1) is 26.4 Å². The van der Waals surface area contributed by atoms with Crippen molar-refractivity contribution in [3.05, 3.63) is 0 Å². The molecule has 0 rings (SSSR count). The highest BCUT2D eigenvalue weighted by Gasteiger charge is 2.30. The van der Waals surface area contributed by atoms with Crippen molar-refractivity contribution in [1.29, 1.82) is 0 Å². The molecule has 17 nitrogen and oxygen atoms in total. The molecule has 0 bridgehead atoms. The van der Waals surface area contributed by atoms with Crippen molar-refractivity contribution in [2.45, 2.75) is 355 Å². The van der Waals surface area contributed by atoms with E-state index in [0.29, 0.717) is 31.6 Å².